The van der Waals surface area contributed by atoms with Crippen molar-refractivity contribution in [2.24, 2.45) is 0 Å². The van der Waals surface area contributed by atoms with Crippen LogP contribution in [0.2, 0.25) is 0 Å². The van der Waals surface area contributed by atoms with Gasteiger partial charge >= 0.3 is 0 Å². The van der Waals surface area contributed by atoms with Crippen molar-refractivity contribution in [1.82, 2.24) is 4.98 Å². The number of amides is 1. The first kappa shape index (κ1) is 18.6. The fraction of sp³-hybridized carbons (Fsp3) is 0.217. The summed E-state index contributed by atoms with van der Waals surface area (Å²) in [5.41, 5.74) is 5.70. The number of hydrogen-bond acceptors (Lipinski definition) is 3. The minimum absolute atomic E-state index is 0.148. The lowest BCUT2D eigenvalue weighted by Crippen LogP contribution is -2.18. The van der Waals surface area contributed by atoms with Crippen molar-refractivity contribution in [1.29, 1.82) is 0 Å². The summed E-state index contributed by atoms with van der Waals surface area (Å²) in [6.07, 6.45) is 4.27. The lowest BCUT2D eigenvalue weighted by molar-refractivity contribution is 0.102. The van der Waals surface area contributed by atoms with Crippen LogP contribution >= 0.6 is 0 Å². The van der Waals surface area contributed by atoms with Crippen molar-refractivity contribution in [3.8, 4) is 0 Å². The third kappa shape index (κ3) is 4.34. The molecule has 1 N–H and O–H groups in total. The maximum Gasteiger partial charge on any atom is 0.257 e. The molecule has 1 heterocycles. The molecule has 0 aliphatic carbocycles. The molecule has 1 amide bonds. The molecule has 4 heteroatoms. The number of nitrogens with one attached hydrogen (secondary N) is 1. The van der Waals surface area contributed by atoms with Crippen LogP contribution < -0.4 is 10.2 Å². The molecule has 0 aliphatic rings. The SMILES string of the molecule is CCc1ccccc1NC(=O)c1cncc(N(CC)c2cccc(C)c2)c1. The van der Waals surface area contributed by atoms with E-state index in [0.717, 1.165) is 35.6 Å². The van der Waals surface area contributed by atoms with E-state index >= 15 is 0 Å². The molecule has 0 aliphatic heterocycles. The molecule has 0 saturated carbocycles. The first-order valence-corrected chi connectivity index (χ1v) is 9.31. The van der Waals surface area contributed by atoms with Gasteiger partial charge in [-0.2, -0.15) is 0 Å². The van der Waals surface area contributed by atoms with Crippen LogP contribution in [0.1, 0.15) is 35.3 Å². The van der Waals surface area contributed by atoms with E-state index in [1.165, 1.54) is 5.56 Å². The van der Waals surface area contributed by atoms with E-state index in [9.17, 15) is 4.79 Å². The quantitative estimate of drug-likeness (QED) is 0.644. The van der Waals surface area contributed by atoms with E-state index in [0.29, 0.717) is 5.56 Å². The van der Waals surface area contributed by atoms with Gasteiger partial charge in [0.2, 0.25) is 0 Å². The fourth-order valence-electron chi connectivity index (χ4n) is 3.15. The standard InChI is InChI=1S/C23H25N3O/c1-4-18-10-6-7-12-22(18)25-23(27)19-14-21(16-24-15-19)26(5-2)20-11-8-9-17(3)13-20/h6-16H,4-5H2,1-3H3,(H,25,27). The molecule has 1 aromatic heterocycles. The number of carbonyl (C=O) groups excluding carboxylic acids is 1. The van der Waals surface area contributed by atoms with Gasteiger partial charge in [0, 0.05) is 24.1 Å². The Labute approximate surface area is 160 Å². The number of nitrogens with zero attached hydrogens (tertiary/aromatic N) is 2. The van der Waals surface area contributed by atoms with E-state index in [4.69, 9.17) is 0 Å². The number of hydrogen-bond donors (Lipinski definition) is 1. The van der Waals surface area contributed by atoms with Crippen molar-refractivity contribution < 1.29 is 4.79 Å². The average molecular weight is 359 g/mol. The predicted octanol–water partition coefficient (Wildman–Crippen LogP) is 5.36. The first-order valence-electron chi connectivity index (χ1n) is 9.31. The molecule has 0 radical (unpaired) electrons. The van der Waals surface area contributed by atoms with E-state index in [-0.39, 0.29) is 5.91 Å². The normalized spacial score (nSPS) is 10.5. The Hall–Kier alpha value is -3.14. The molecular formula is C23H25N3O. The predicted molar refractivity (Wildman–Crippen MR) is 112 cm³/mol. The molecule has 3 rings (SSSR count). The highest BCUT2D eigenvalue weighted by atomic mass is 16.1. The number of pyridine rings is 1. The molecule has 2 aromatic carbocycles. The zero-order chi connectivity index (χ0) is 19.2. The first-order chi connectivity index (χ1) is 13.1. The maximum absolute atomic E-state index is 12.8. The van der Waals surface area contributed by atoms with Crippen molar-refractivity contribution >= 4 is 23.0 Å². The van der Waals surface area contributed by atoms with Gasteiger partial charge in [-0.1, -0.05) is 37.3 Å². The Morgan fingerprint density at radius 2 is 1.81 bits per heavy atom. The number of benzene rings is 2. The topological polar surface area (TPSA) is 45.2 Å². The van der Waals surface area contributed by atoms with Gasteiger partial charge in [-0.15, -0.1) is 0 Å². The van der Waals surface area contributed by atoms with E-state index in [2.05, 4.69) is 54.2 Å². The Balaban J connectivity index is 1.87. The van der Waals surface area contributed by atoms with Crippen LogP contribution in [0.3, 0.4) is 0 Å². The van der Waals surface area contributed by atoms with Crippen LogP contribution in [-0.2, 0) is 6.42 Å². The minimum Gasteiger partial charge on any atom is -0.340 e. The van der Waals surface area contributed by atoms with Crippen LogP contribution in [0.4, 0.5) is 17.1 Å². The molecule has 0 unspecified atom stereocenters. The van der Waals surface area contributed by atoms with Crippen molar-refractivity contribution in [2.45, 2.75) is 27.2 Å². The highest BCUT2D eigenvalue weighted by Crippen LogP contribution is 2.26. The van der Waals surface area contributed by atoms with Crippen LogP contribution in [0, 0.1) is 6.92 Å². The monoisotopic (exact) mass is 359 g/mol. The summed E-state index contributed by atoms with van der Waals surface area (Å²) in [5.74, 6) is -0.148. The number of anilines is 3. The van der Waals surface area contributed by atoms with Gasteiger partial charge in [0.15, 0.2) is 0 Å². The summed E-state index contributed by atoms with van der Waals surface area (Å²) >= 11 is 0. The summed E-state index contributed by atoms with van der Waals surface area (Å²) in [6, 6.07) is 18.1. The number of para-hydroxylation sites is 1. The molecule has 0 saturated heterocycles. The molecule has 0 spiro atoms. The van der Waals surface area contributed by atoms with Gasteiger partial charge < -0.3 is 10.2 Å². The molecule has 138 valence electrons. The Kier molecular flexibility index (Phi) is 5.87. The minimum atomic E-state index is -0.148. The van der Waals surface area contributed by atoms with E-state index in [1.807, 2.05) is 36.4 Å². The number of aryl methyl sites for hydroxylation is 2. The van der Waals surface area contributed by atoms with Gasteiger partial charge in [-0.25, -0.2) is 0 Å². The second-order valence-electron chi connectivity index (χ2n) is 6.48. The molecule has 0 fully saturated rings. The van der Waals surface area contributed by atoms with Gasteiger partial charge in [0.05, 0.1) is 17.4 Å². The Morgan fingerprint density at radius 3 is 2.56 bits per heavy atom. The summed E-state index contributed by atoms with van der Waals surface area (Å²) in [4.78, 5) is 19.2. The molecule has 4 nitrogen and oxygen atoms in total. The van der Waals surface area contributed by atoms with Crippen LogP contribution in [0.5, 0.6) is 0 Å². The summed E-state index contributed by atoms with van der Waals surface area (Å²) in [6.45, 7) is 7.03. The van der Waals surface area contributed by atoms with Gasteiger partial charge in [-0.3, -0.25) is 9.78 Å². The summed E-state index contributed by atoms with van der Waals surface area (Å²) in [7, 11) is 0. The molecule has 0 atom stereocenters. The van der Waals surface area contributed by atoms with Crippen LogP contribution in [0.25, 0.3) is 0 Å². The largest absolute Gasteiger partial charge is 0.340 e. The summed E-state index contributed by atoms with van der Waals surface area (Å²) in [5, 5.41) is 3.01. The van der Waals surface area contributed by atoms with Crippen molar-refractivity contribution in [3.05, 3.63) is 83.7 Å². The maximum atomic E-state index is 12.8. The van der Waals surface area contributed by atoms with E-state index in [1.54, 1.807) is 12.4 Å². The average Bonchev–Trinajstić information content (AvgIpc) is 2.69. The number of rotatable bonds is 6. The summed E-state index contributed by atoms with van der Waals surface area (Å²) < 4.78 is 0. The van der Waals surface area contributed by atoms with Gasteiger partial charge in [0.1, 0.15) is 0 Å². The fourth-order valence-corrected chi connectivity index (χ4v) is 3.15. The van der Waals surface area contributed by atoms with Crippen molar-refractivity contribution in [3.63, 3.8) is 0 Å². The van der Waals surface area contributed by atoms with Crippen LogP contribution in [-0.4, -0.2) is 17.4 Å². The second kappa shape index (κ2) is 8.49. The third-order valence-electron chi connectivity index (χ3n) is 4.57. The molecule has 27 heavy (non-hydrogen) atoms. The number of aromatic nitrogens is 1. The lowest BCUT2D eigenvalue weighted by Gasteiger charge is -2.23. The van der Waals surface area contributed by atoms with Crippen LogP contribution in [0.15, 0.2) is 67.0 Å². The molecular weight excluding hydrogens is 334 g/mol. The highest BCUT2D eigenvalue weighted by molar-refractivity contribution is 6.05. The van der Waals surface area contributed by atoms with Crippen molar-refractivity contribution in [2.75, 3.05) is 16.8 Å². The smallest absolute Gasteiger partial charge is 0.257 e. The lowest BCUT2D eigenvalue weighted by atomic mass is 10.1. The highest BCUT2D eigenvalue weighted by Gasteiger charge is 2.13. The van der Waals surface area contributed by atoms with E-state index < -0.39 is 0 Å². The Bertz CT molecular complexity index is 936. The zero-order valence-electron chi connectivity index (χ0n) is 16.1. The second-order valence-corrected chi connectivity index (χ2v) is 6.48. The molecule has 0 bridgehead atoms. The number of carbonyl (C=O) groups is 1. The van der Waals surface area contributed by atoms with Gasteiger partial charge in [-0.05, 0) is 55.7 Å². The molecule has 3 aromatic rings. The van der Waals surface area contributed by atoms with Gasteiger partial charge in [0.25, 0.3) is 5.91 Å². The Morgan fingerprint density at radius 1 is 1.00 bits per heavy atom. The zero-order valence-corrected chi connectivity index (χ0v) is 16.1. The third-order valence-corrected chi connectivity index (χ3v) is 4.57.